The number of primary amides is 1. The molecule has 8 nitrogen and oxygen atoms in total. The molecule has 9 heteroatoms. The molecule has 3 aromatic rings. The number of benzene rings is 3. The smallest absolute Gasteiger partial charge is 0.312 e. The predicted molar refractivity (Wildman–Crippen MR) is 126 cm³/mol. The lowest BCUT2D eigenvalue weighted by atomic mass is 10.0. The predicted octanol–water partition coefficient (Wildman–Crippen LogP) is 4.89. The molecule has 0 aliphatic heterocycles. The van der Waals surface area contributed by atoms with Gasteiger partial charge < -0.3 is 30.6 Å². The fraction of sp³-hybridized carbons (Fsp3) is 0.167. The summed E-state index contributed by atoms with van der Waals surface area (Å²) in [6.07, 6.45) is -0.0914. The topological polar surface area (TPSA) is 112 Å². The minimum Gasteiger partial charge on any atom is -0.495 e. The number of hydrogen-bond acceptors (Lipinski definition) is 5. The number of urea groups is 1. The van der Waals surface area contributed by atoms with Gasteiger partial charge in [0.05, 0.1) is 37.4 Å². The number of nitrogens with one attached hydrogen (secondary N) is 2. The number of rotatable bonds is 9. The third-order valence-corrected chi connectivity index (χ3v) is 4.99. The van der Waals surface area contributed by atoms with Crippen LogP contribution in [0.5, 0.6) is 23.0 Å². The van der Waals surface area contributed by atoms with E-state index in [1.165, 1.54) is 14.2 Å². The Labute approximate surface area is 196 Å². The second-order valence-corrected chi connectivity index (χ2v) is 7.40. The number of amides is 3. The quantitative estimate of drug-likeness (QED) is 0.413. The van der Waals surface area contributed by atoms with Crippen LogP contribution < -0.4 is 30.6 Å². The molecule has 1 atom stereocenters. The van der Waals surface area contributed by atoms with Crippen LogP contribution in [0.25, 0.3) is 0 Å². The molecule has 0 fully saturated rings. The average Bonchev–Trinajstić information content (AvgIpc) is 2.80. The molecule has 0 saturated carbocycles. The zero-order chi connectivity index (χ0) is 23.8. The summed E-state index contributed by atoms with van der Waals surface area (Å²) in [5, 5.41) is 5.72. The van der Waals surface area contributed by atoms with E-state index in [4.69, 9.17) is 31.5 Å². The van der Waals surface area contributed by atoms with Crippen molar-refractivity contribution in [2.45, 2.75) is 12.5 Å². The Morgan fingerprint density at radius 1 is 0.939 bits per heavy atom. The summed E-state index contributed by atoms with van der Waals surface area (Å²) in [5.74, 6) is 1.58. The Bertz CT molecular complexity index is 1120. The van der Waals surface area contributed by atoms with Crippen LogP contribution in [0.2, 0.25) is 5.02 Å². The van der Waals surface area contributed by atoms with Gasteiger partial charge in [-0.1, -0.05) is 41.9 Å². The second-order valence-electron chi connectivity index (χ2n) is 6.99. The van der Waals surface area contributed by atoms with E-state index in [1.807, 2.05) is 30.3 Å². The molecule has 4 N–H and O–H groups in total. The standard InChI is InChI=1S/C24H24ClN3O5/c1-31-21-13-20(22(32-2)12-18(21)25)27-23(29)14-19(28-24(26)30)15-7-6-10-17(11-15)33-16-8-4-3-5-9-16/h3-13,19H,14H2,1-2H3,(H,27,29)(H3,26,28,30). The first-order chi connectivity index (χ1) is 15.9. The van der Waals surface area contributed by atoms with Crippen molar-refractivity contribution in [2.75, 3.05) is 19.5 Å². The van der Waals surface area contributed by atoms with E-state index in [0.29, 0.717) is 39.3 Å². The monoisotopic (exact) mass is 469 g/mol. The van der Waals surface area contributed by atoms with Gasteiger partial charge >= 0.3 is 6.03 Å². The molecule has 0 saturated heterocycles. The third-order valence-electron chi connectivity index (χ3n) is 4.69. The van der Waals surface area contributed by atoms with Gasteiger partial charge in [0.15, 0.2) is 0 Å². The first-order valence-electron chi connectivity index (χ1n) is 9.99. The van der Waals surface area contributed by atoms with Crippen molar-refractivity contribution >= 4 is 29.2 Å². The Balaban J connectivity index is 1.79. The molecule has 0 heterocycles. The van der Waals surface area contributed by atoms with E-state index in [9.17, 15) is 9.59 Å². The molecule has 0 aliphatic rings. The highest BCUT2D eigenvalue weighted by atomic mass is 35.5. The molecule has 1 unspecified atom stereocenters. The molecule has 172 valence electrons. The van der Waals surface area contributed by atoms with Crippen molar-refractivity contribution in [1.29, 1.82) is 0 Å². The Morgan fingerprint density at radius 2 is 1.64 bits per heavy atom. The largest absolute Gasteiger partial charge is 0.495 e. The number of para-hydroxylation sites is 1. The van der Waals surface area contributed by atoms with Crippen molar-refractivity contribution in [3.63, 3.8) is 0 Å². The molecule has 3 amide bonds. The van der Waals surface area contributed by atoms with Gasteiger partial charge in [-0.05, 0) is 29.8 Å². The summed E-state index contributed by atoms with van der Waals surface area (Å²) >= 11 is 6.12. The van der Waals surface area contributed by atoms with E-state index in [0.717, 1.165) is 0 Å². The van der Waals surface area contributed by atoms with Crippen LogP contribution in [0.1, 0.15) is 18.0 Å². The Kier molecular flexibility index (Phi) is 7.99. The lowest BCUT2D eigenvalue weighted by Crippen LogP contribution is -2.35. The minimum atomic E-state index is -0.757. The molecule has 0 aliphatic carbocycles. The highest BCUT2D eigenvalue weighted by Gasteiger charge is 2.20. The van der Waals surface area contributed by atoms with Gasteiger partial charge in [-0.2, -0.15) is 0 Å². The minimum absolute atomic E-state index is 0.0914. The van der Waals surface area contributed by atoms with E-state index >= 15 is 0 Å². The summed E-state index contributed by atoms with van der Waals surface area (Å²) in [7, 11) is 2.93. The third kappa shape index (κ3) is 6.54. The maximum absolute atomic E-state index is 12.8. The number of hydrogen-bond donors (Lipinski definition) is 3. The molecule has 3 aromatic carbocycles. The normalized spacial score (nSPS) is 11.2. The van der Waals surface area contributed by atoms with E-state index in [-0.39, 0.29) is 12.3 Å². The number of nitrogens with two attached hydrogens (primary N) is 1. The molecule has 0 spiro atoms. The SMILES string of the molecule is COc1cc(NC(=O)CC(NC(N)=O)c2cccc(Oc3ccccc3)c2)c(OC)cc1Cl. The van der Waals surface area contributed by atoms with Crippen LogP contribution in [0.15, 0.2) is 66.7 Å². The maximum Gasteiger partial charge on any atom is 0.312 e. The highest BCUT2D eigenvalue weighted by molar-refractivity contribution is 6.32. The number of halogens is 1. The molecular formula is C24H24ClN3O5. The lowest BCUT2D eigenvalue weighted by molar-refractivity contribution is -0.116. The molecule has 0 aromatic heterocycles. The summed E-state index contributed by atoms with van der Waals surface area (Å²) in [6.45, 7) is 0. The Morgan fingerprint density at radius 3 is 2.30 bits per heavy atom. The van der Waals surface area contributed by atoms with Gasteiger partial charge in [0.2, 0.25) is 5.91 Å². The fourth-order valence-corrected chi connectivity index (χ4v) is 3.42. The zero-order valence-corrected chi connectivity index (χ0v) is 18.9. The molecule has 3 rings (SSSR count). The highest BCUT2D eigenvalue weighted by Crippen LogP contribution is 2.36. The molecule has 33 heavy (non-hydrogen) atoms. The van der Waals surface area contributed by atoms with Crippen LogP contribution in [-0.4, -0.2) is 26.2 Å². The zero-order valence-electron chi connectivity index (χ0n) is 18.1. The van der Waals surface area contributed by atoms with Gasteiger partial charge in [0.25, 0.3) is 0 Å². The van der Waals surface area contributed by atoms with Crippen molar-refractivity contribution in [3.05, 3.63) is 77.3 Å². The van der Waals surface area contributed by atoms with E-state index in [2.05, 4.69) is 10.6 Å². The van der Waals surface area contributed by atoms with E-state index < -0.39 is 12.1 Å². The molecular weight excluding hydrogens is 446 g/mol. The summed E-state index contributed by atoms with van der Waals surface area (Å²) in [5.41, 5.74) is 6.39. The fourth-order valence-electron chi connectivity index (χ4n) is 3.19. The van der Waals surface area contributed by atoms with E-state index in [1.54, 1.807) is 36.4 Å². The van der Waals surface area contributed by atoms with Crippen LogP contribution >= 0.6 is 11.6 Å². The number of ether oxygens (including phenoxy) is 3. The summed E-state index contributed by atoms with van der Waals surface area (Å²) < 4.78 is 16.4. The van der Waals surface area contributed by atoms with Gasteiger partial charge in [0.1, 0.15) is 23.0 Å². The van der Waals surface area contributed by atoms with Crippen LogP contribution in [-0.2, 0) is 4.79 Å². The second kappa shape index (κ2) is 11.1. The van der Waals surface area contributed by atoms with Crippen LogP contribution in [0, 0.1) is 0 Å². The van der Waals surface area contributed by atoms with Crippen LogP contribution in [0.3, 0.4) is 0 Å². The summed E-state index contributed by atoms with van der Waals surface area (Å²) in [6, 6.07) is 18.0. The lowest BCUT2D eigenvalue weighted by Gasteiger charge is -2.19. The Hall–Kier alpha value is -3.91. The first kappa shape index (κ1) is 23.7. The van der Waals surface area contributed by atoms with Gasteiger partial charge in [-0.25, -0.2) is 4.79 Å². The molecule has 0 bridgehead atoms. The van der Waals surface area contributed by atoms with Crippen molar-refractivity contribution in [1.82, 2.24) is 5.32 Å². The van der Waals surface area contributed by atoms with Gasteiger partial charge in [-0.3, -0.25) is 4.79 Å². The first-order valence-corrected chi connectivity index (χ1v) is 10.4. The van der Waals surface area contributed by atoms with Crippen molar-refractivity contribution in [2.24, 2.45) is 5.73 Å². The van der Waals surface area contributed by atoms with Crippen molar-refractivity contribution in [3.8, 4) is 23.0 Å². The maximum atomic E-state index is 12.8. The van der Waals surface area contributed by atoms with Gasteiger partial charge in [-0.15, -0.1) is 0 Å². The number of anilines is 1. The number of carbonyl (C=O) groups excluding carboxylic acids is 2. The van der Waals surface area contributed by atoms with Crippen LogP contribution in [0.4, 0.5) is 10.5 Å². The summed E-state index contributed by atoms with van der Waals surface area (Å²) in [4.78, 5) is 24.5. The van der Waals surface area contributed by atoms with Crippen molar-refractivity contribution < 1.29 is 23.8 Å². The van der Waals surface area contributed by atoms with Gasteiger partial charge in [0, 0.05) is 12.1 Å². The average molecular weight is 470 g/mol. The number of carbonyl (C=O) groups is 2. The number of methoxy groups -OCH3 is 2. The molecule has 0 radical (unpaired) electrons.